The lowest BCUT2D eigenvalue weighted by molar-refractivity contribution is 0.0755. The van der Waals surface area contributed by atoms with Crippen LogP contribution in [-0.4, -0.2) is 47.9 Å². The molecule has 0 atom stereocenters. The lowest BCUT2D eigenvalue weighted by Gasteiger charge is -2.33. The summed E-state index contributed by atoms with van der Waals surface area (Å²) in [6.45, 7) is 6.03. The zero-order chi connectivity index (χ0) is 15.4. The van der Waals surface area contributed by atoms with Gasteiger partial charge in [-0.25, -0.2) is 0 Å². The van der Waals surface area contributed by atoms with Crippen LogP contribution in [-0.2, 0) is 0 Å². The summed E-state index contributed by atoms with van der Waals surface area (Å²) in [6.07, 6.45) is 7.98. The SMILES string of the molecule is Cc1ccc(C(=O)N2CCCN(C3CCCCC3)CC2)cc1. The van der Waals surface area contributed by atoms with Gasteiger partial charge in [-0.1, -0.05) is 37.0 Å². The fourth-order valence-corrected chi connectivity index (χ4v) is 3.83. The highest BCUT2D eigenvalue weighted by Gasteiger charge is 2.25. The molecule has 0 aromatic heterocycles. The minimum absolute atomic E-state index is 0.200. The average molecular weight is 300 g/mol. The highest BCUT2D eigenvalue weighted by Crippen LogP contribution is 2.23. The molecule has 1 saturated heterocycles. The van der Waals surface area contributed by atoms with Crippen LogP contribution < -0.4 is 0 Å². The maximum Gasteiger partial charge on any atom is 0.253 e. The monoisotopic (exact) mass is 300 g/mol. The quantitative estimate of drug-likeness (QED) is 0.835. The normalized spacial score (nSPS) is 21.6. The molecule has 3 nitrogen and oxygen atoms in total. The van der Waals surface area contributed by atoms with Gasteiger partial charge < -0.3 is 4.90 Å². The van der Waals surface area contributed by atoms with Gasteiger partial charge in [0.15, 0.2) is 0 Å². The summed E-state index contributed by atoms with van der Waals surface area (Å²) in [5.41, 5.74) is 2.03. The van der Waals surface area contributed by atoms with Crippen molar-refractivity contribution in [2.75, 3.05) is 26.2 Å². The molecule has 1 heterocycles. The summed E-state index contributed by atoms with van der Waals surface area (Å²) in [7, 11) is 0. The molecule has 3 heteroatoms. The first-order valence-electron chi connectivity index (χ1n) is 8.84. The van der Waals surface area contributed by atoms with Crippen molar-refractivity contribution in [1.29, 1.82) is 0 Å². The minimum Gasteiger partial charge on any atom is -0.337 e. The minimum atomic E-state index is 0.200. The Morgan fingerprint density at radius 1 is 0.909 bits per heavy atom. The topological polar surface area (TPSA) is 23.6 Å². The molecule has 0 bridgehead atoms. The van der Waals surface area contributed by atoms with Crippen LogP contribution in [0.1, 0.15) is 54.4 Å². The summed E-state index contributed by atoms with van der Waals surface area (Å²) < 4.78 is 0. The molecule has 22 heavy (non-hydrogen) atoms. The number of nitrogens with zero attached hydrogens (tertiary/aromatic N) is 2. The molecule has 2 aliphatic rings. The molecular weight excluding hydrogens is 272 g/mol. The number of hydrogen-bond donors (Lipinski definition) is 0. The third-order valence-electron chi connectivity index (χ3n) is 5.21. The van der Waals surface area contributed by atoms with Crippen molar-refractivity contribution >= 4 is 5.91 Å². The van der Waals surface area contributed by atoms with Crippen molar-refractivity contribution in [2.24, 2.45) is 0 Å². The smallest absolute Gasteiger partial charge is 0.253 e. The van der Waals surface area contributed by atoms with Crippen LogP contribution in [0.2, 0.25) is 0 Å². The van der Waals surface area contributed by atoms with Crippen LogP contribution in [0, 0.1) is 6.92 Å². The Bertz CT molecular complexity index is 491. The highest BCUT2D eigenvalue weighted by atomic mass is 16.2. The predicted molar refractivity (Wildman–Crippen MR) is 90.1 cm³/mol. The third-order valence-corrected chi connectivity index (χ3v) is 5.21. The summed E-state index contributed by atoms with van der Waals surface area (Å²) in [4.78, 5) is 17.3. The fourth-order valence-electron chi connectivity index (χ4n) is 3.83. The van der Waals surface area contributed by atoms with E-state index in [9.17, 15) is 4.79 Å². The maximum absolute atomic E-state index is 12.7. The number of carbonyl (C=O) groups excluding carboxylic acids is 1. The second-order valence-corrected chi connectivity index (χ2v) is 6.84. The largest absolute Gasteiger partial charge is 0.337 e. The highest BCUT2D eigenvalue weighted by molar-refractivity contribution is 5.94. The van der Waals surface area contributed by atoms with Crippen LogP contribution in [0.4, 0.5) is 0 Å². The molecule has 0 radical (unpaired) electrons. The Morgan fingerprint density at radius 3 is 2.36 bits per heavy atom. The molecule has 1 aromatic carbocycles. The van der Waals surface area contributed by atoms with E-state index in [-0.39, 0.29) is 5.91 Å². The first kappa shape index (κ1) is 15.5. The Hall–Kier alpha value is -1.35. The van der Waals surface area contributed by atoms with Crippen LogP contribution in [0.25, 0.3) is 0 Å². The predicted octanol–water partition coefficient (Wildman–Crippen LogP) is 3.48. The molecule has 3 rings (SSSR count). The zero-order valence-corrected chi connectivity index (χ0v) is 13.8. The molecule has 1 amide bonds. The van der Waals surface area contributed by atoms with Crippen LogP contribution >= 0.6 is 0 Å². The third kappa shape index (κ3) is 3.70. The van der Waals surface area contributed by atoms with E-state index in [0.717, 1.165) is 44.2 Å². The first-order chi connectivity index (χ1) is 10.7. The number of aryl methyl sites for hydroxylation is 1. The van der Waals surface area contributed by atoms with E-state index in [1.165, 1.54) is 37.7 Å². The van der Waals surface area contributed by atoms with E-state index in [4.69, 9.17) is 0 Å². The van der Waals surface area contributed by atoms with Crippen LogP contribution in [0.3, 0.4) is 0 Å². The Labute approximate surface area is 134 Å². The van der Waals surface area contributed by atoms with E-state index in [1.807, 2.05) is 29.2 Å². The molecule has 1 aliphatic heterocycles. The molecule has 1 aromatic rings. The van der Waals surface area contributed by atoms with Gasteiger partial charge in [-0.15, -0.1) is 0 Å². The van der Waals surface area contributed by atoms with Crippen molar-refractivity contribution < 1.29 is 4.79 Å². The van der Waals surface area contributed by atoms with Crippen molar-refractivity contribution in [1.82, 2.24) is 9.80 Å². The van der Waals surface area contributed by atoms with Crippen molar-refractivity contribution in [3.63, 3.8) is 0 Å². The Balaban J connectivity index is 1.59. The van der Waals surface area contributed by atoms with Crippen molar-refractivity contribution in [2.45, 2.75) is 51.5 Å². The molecule has 2 fully saturated rings. The van der Waals surface area contributed by atoms with Crippen LogP contribution in [0.15, 0.2) is 24.3 Å². The van der Waals surface area contributed by atoms with Crippen LogP contribution in [0.5, 0.6) is 0 Å². The van der Waals surface area contributed by atoms with E-state index < -0.39 is 0 Å². The van der Waals surface area contributed by atoms with Gasteiger partial charge in [0, 0.05) is 37.8 Å². The molecule has 1 saturated carbocycles. The second-order valence-electron chi connectivity index (χ2n) is 6.84. The van der Waals surface area contributed by atoms with E-state index >= 15 is 0 Å². The van der Waals surface area contributed by atoms with Gasteiger partial charge in [-0.2, -0.15) is 0 Å². The molecule has 0 spiro atoms. The molecule has 120 valence electrons. The summed E-state index contributed by atoms with van der Waals surface area (Å²) >= 11 is 0. The number of rotatable bonds is 2. The molecule has 0 unspecified atom stereocenters. The number of carbonyl (C=O) groups is 1. The van der Waals surface area contributed by atoms with E-state index in [1.54, 1.807) is 0 Å². The molecular formula is C19H28N2O. The second kappa shape index (κ2) is 7.28. The number of amides is 1. The first-order valence-corrected chi connectivity index (χ1v) is 8.84. The Morgan fingerprint density at radius 2 is 1.64 bits per heavy atom. The zero-order valence-electron chi connectivity index (χ0n) is 13.8. The summed E-state index contributed by atoms with van der Waals surface area (Å²) in [5, 5.41) is 0. The fraction of sp³-hybridized carbons (Fsp3) is 0.632. The average Bonchev–Trinajstić information content (AvgIpc) is 2.82. The molecule has 0 N–H and O–H groups in total. The van der Waals surface area contributed by atoms with Gasteiger partial charge in [0.1, 0.15) is 0 Å². The van der Waals surface area contributed by atoms with Gasteiger partial charge in [0.25, 0.3) is 5.91 Å². The lowest BCUT2D eigenvalue weighted by Crippen LogP contribution is -2.40. The number of hydrogen-bond acceptors (Lipinski definition) is 2. The van der Waals surface area contributed by atoms with Gasteiger partial charge in [-0.05, 0) is 38.3 Å². The lowest BCUT2D eigenvalue weighted by atomic mass is 9.94. The van der Waals surface area contributed by atoms with E-state index in [0.29, 0.717) is 0 Å². The standard InChI is InChI=1S/C19H28N2O/c1-16-8-10-17(11-9-16)19(22)21-13-5-12-20(14-15-21)18-6-3-2-4-7-18/h8-11,18H,2-7,12-15H2,1H3. The maximum atomic E-state index is 12.7. The van der Waals surface area contributed by atoms with Crippen molar-refractivity contribution in [3.05, 3.63) is 35.4 Å². The van der Waals surface area contributed by atoms with Gasteiger partial charge in [-0.3, -0.25) is 9.69 Å². The van der Waals surface area contributed by atoms with Gasteiger partial charge in [0.05, 0.1) is 0 Å². The summed E-state index contributed by atoms with van der Waals surface area (Å²) in [6, 6.07) is 8.74. The van der Waals surface area contributed by atoms with Gasteiger partial charge >= 0.3 is 0 Å². The van der Waals surface area contributed by atoms with Crippen molar-refractivity contribution in [3.8, 4) is 0 Å². The Kier molecular flexibility index (Phi) is 5.14. The number of benzene rings is 1. The summed E-state index contributed by atoms with van der Waals surface area (Å²) in [5.74, 6) is 0.200. The molecule has 1 aliphatic carbocycles. The van der Waals surface area contributed by atoms with Gasteiger partial charge in [0.2, 0.25) is 0 Å². The van der Waals surface area contributed by atoms with E-state index in [2.05, 4.69) is 11.8 Å².